The first-order chi connectivity index (χ1) is 16.1. The number of aromatic nitrogens is 3. The van der Waals surface area contributed by atoms with E-state index in [1.165, 1.54) is 10.8 Å². The summed E-state index contributed by atoms with van der Waals surface area (Å²) in [5, 5.41) is 3.62. The first-order valence-corrected chi connectivity index (χ1v) is 11.3. The number of rotatable bonds is 6. The number of halogens is 3. The Morgan fingerprint density at radius 3 is 2.59 bits per heavy atom. The van der Waals surface area contributed by atoms with Gasteiger partial charge >= 0.3 is 11.9 Å². The molecule has 2 fully saturated rings. The molecule has 2 aliphatic rings. The van der Waals surface area contributed by atoms with Crippen molar-refractivity contribution in [3.8, 4) is 11.3 Å². The number of aryl methyl sites for hydroxylation is 3. The molecular formula is C24H25F3N4O3. The van der Waals surface area contributed by atoms with E-state index in [2.05, 4.69) is 15.3 Å². The molecule has 10 heteroatoms. The summed E-state index contributed by atoms with van der Waals surface area (Å²) in [6.07, 6.45) is 0.553. The van der Waals surface area contributed by atoms with Crippen LogP contribution in [-0.4, -0.2) is 20.6 Å². The number of hydrogen-bond acceptors (Lipinski definition) is 5. The van der Waals surface area contributed by atoms with E-state index in [-0.39, 0.29) is 17.1 Å². The van der Waals surface area contributed by atoms with E-state index in [0.717, 1.165) is 37.0 Å². The van der Waals surface area contributed by atoms with Gasteiger partial charge in [0.15, 0.2) is 11.7 Å². The predicted molar refractivity (Wildman–Crippen MR) is 118 cm³/mol. The van der Waals surface area contributed by atoms with Gasteiger partial charge in [0.2, 0.25) is 0 Å². The highest BCUT2D eigenvalue weighted by Gasteiger charge is 2.60. The standard InChI is InChI=1S/C24H25F3N4O3/c1-13-20(34-14(2)28-13)19-12-31(22(33)29-21(19)32)9-3-4-18-10-17-11-23(17,30-18)15-5-7-16(8-6-15)24(25,26)27/h5-8,12,17-18,30H,3-4,9-11H2,1-2H3,(H,29,32,33)/t17-,18?,23-/m1/s1. The van der Waals surface area contributed by atoms with E-state index < -0.39 is 23.0 Å². The predicted octanol–water partition coefficient (Wildman–Crippen LogP) is 3.88. The van der Waals surface area contributed by atoms with Gasteiger partial charge in [0, 0.05) is 31.2 Å². The van der Waals surface area contributed by atoms with Gasteiger partial charge in [-0.2, -0.15) is 13.2 Å². The number of H-pyrrole nitrogens is 1. The van der Waals surface area contributed by atoms with Crippen molar-refractivity contribution in [2.45, 2.75) is 63.8 Å². The molecule has 2 aromatic heterocycles. The Hall–Kier alpha value is -3.14. The van der Waals surface area contributed by atoms with Crippen molar-refractivity contribution in [1.29, 1.82) is 0 Å². The first kappa shape index (κ1) is 22.6. The van der Waals surface area contributed by atoms with Gasteiger partial charge in [-0.15, -0.1) is 0 Å². The van der Waals surface area contributed by atoms with Crippen molar-refractivity contribution < 1.29 is 17.6 Å². The molecule has 3 atom stereocenters. The van der Waals surface area contributed by atoms with Crippen molar-refractivity contribution in [2.75, 3.05) is 0 Å². The van der Waals surface area contributed by atoms with Gasteiger partial charge in [0.05, 0.1) is 11.3 Å². The number of aromatic amines is 1. The molecule has 0 radical (unpaired) electrons. The molecule has 1 unspecified atom stereocenters. The Kier molecular flexibility index (Phi) is 5.31. The molecule has 1 aliphatic carbocycles. The number of fused-ring (bicyclic) bond motifs is 1. The van der Waals surface area contributed by atoms with Crippen LogP contribution in [0.2, 0.25) is 0 Å². The van der Waals surface area contributed by atoms with E-state index in [9.17, 15) is 22.8 Å². The fourth-order valence-electron chi connectivity index (χ4n) is 5.27. The summed E-state index contributed by atoms with van der Waals surface area (Å²) in [4.78, 5) is 31.1. The quantitative estimate of drug-likeness (QED) is 0.566. The smallest absolute Gasteiger partial charge is 0.416 e. The van der Waals surface area contributed by atoms with E-state index in [4.69, 9.17) is 4.42 Å². The van der Waals surface area contributed by atoms with Crippen LogP contribution in [0.15, 0.2) is 44.5 Å². The van der Waals surface area contributed by atoms with Crippen LogP contribution in [0.5, 0.6) is 0 Å². The molecule has 180 valence electrons. The molecule has 2 N–H and O–H groups in total. The molecule has 1 aliphatic heterocycles. The van der Waals surface area contributed by atoms with Crippen LogP contribution >= 0.6 is 0 Å². The number of nitrogens with one attached hydrogen (secondary N) is 2. The number of hydrogen-bond donors (Lipinski definition) is 2. The molecule has 3 aromatic rings. The van der Waals surface area contributed by atoms with Crippen LogP contribution in [0.3, 0.4) is 0 Å². The third-order valence-electron chi connectivity index (χ3n) is 6.97. The molecule has 1 aromatic carbocycles. The van der Waals surface area contributed by atoms with Gasteiger partial charge in [0.25, 0.3) is 5.56 Å². The second kappa shape index (κ2) is 7.97. The summed E-state index contributed by atoms with van der Waals surface area (Å²) >= 11 is 0. The van der Waals surface area contributed by atoms with Gasteiger partial charge in [0.1, 0.15) is 5.56 Å². The molecule has 3 heterocycles. The van der Waals surface area contributed by atoms with E-state index >= 15 is 0 Å². The summed E-state index contributed by atoms with van der Waals surface area (Å²) in [6, 6.07) is 5.66. The van der Waals surface area contributed by atoms with Gasteiger partial charge in [-0.3, -0.25) is 14.3 Å². The highest BCUT2D eigenvalue weighted by atomic mass is 19.4. The normalized spacial score (nSPS) is 23.8. The molecule has 1 saturated carbocycles. The molecule has 0 amide bonds. The Bertz CT molecular complexity index is 1340. The van der Waals surface area contributed by atoms with E-state index in [1.807, 2.05) is 0 Å². The summed E-state index contributed by atoms with van der Waals surface area (Å²) < 4.78 is 45.6. The van der Waals surface area contributed by atoms with Gasteiger partial charge < -0.3 is 9.73 Å². The zero-order chi connectivity index (χ0) is 24.3. The maximum absolute atomic E-state index is 12.9. The number of piperidine rings is 1. The van der Waals surface area contributed by atoms with Crippen molar-refractivity contribution >= 4 is 0 Å². The Labute approximate surface area is 193 Å². The second-order valence-corrected chi connectivity index (χ2v) is 9.31. The van der Waals surface area contributed by atoms with Crippen molar-refractivity contribution in [3.63, 3.8) is 0 Å². The molecule has 5 rings (SSSR count). The molecule has 34 heavy (non-hydrogen) atoms. The van der Waals surface area contributed by atoms with Crippen LogP contribution in [0.4, 0.5) is 13.2 Å². The lowest BCUT2D eigenvalue weighted by molar-refractivity contribution is -0.137. The average molecular weight is 474 g/mol. The Balaban J connectivity index is 1.23. The van der Waals surface area contributed by atoms with Crippen molar-refractivity contribution in [3.05, 3.63) is 74.0 Å². The fraction of sp³-hybridized carbons (Fsp3) is 0.458. The van der Waals surface area contributed by atoms with Crippen LogP contribution in [0.1, 0.15) is 48.4 Å². The van der Waals surface area contributed by atoms with Gasteiger partial charge in [-0.25, -0.2) is 9.78 Å². The zero-order valence-corrected chi connectivity index (χ0v) is 18.8. The summed E-state index contributed by atoms with van der Waals surface area (Å²) in [5.41, 5.74) is -0.135. The van der Waals surface area contributed by atoms with Crippen LogP contribution < -0.4 is 16.6 Å². The van der Waals surface area contributed by atoms with Gasteiger partial charge in [-0.05, 0) is 56.2 Å². The SMILES string of the molecule is Cc1nc(C)c(-c2cn(CCCC3C[C@@H]4C[C@]4(c4ccc(C(F)(F)F)cc4)N3)c(=O)[nH]c2=O)o1. The number of nitrogens with zero attached hydrogens (tertiary/aromatic N) is 2. The maximum Gasteiger partial charge on any atom is 0.416 e. The minimum absolute atomic E-state index is 0.221. The Morgan fingerprint density at radius 1 is 1.21 bits per heavy atom. The lowest BCUT2D eigenvalue weighted by atomic mass is 10.0. The van der Waals surface area contributed by atoms with Crippen LogP contribution in [0.25, 0.3) is 11.3 Å². The second-order valence-electron chi connectivity index (χ2n) is 9.31. The highest BCUT2D eigenvalue weighted by molar-refractivity contribution is 5.57. The molecule has 0 bridgehead atoms. The van der Waals surface area contributed by atoms with Crippen LogP contribution in [-0.2, 0) is 18.3 Å². The van der Waals surface area contributed by atoms with Crippen LogP contribution in [0, 0.1) is 19.8 Å². The first-order valence-electron chi connectivity index (χ1n) is 11.3. The molecule has 0 spiro atoms. The molecule has 7 nitrogen and oxygen atoms in total. The lowest BCUT2D eigenvalue weighted by Gasteiger charge is -2.20. The monoisotopic (exact) mass is 474 g/mol. The van der Waals surface area contributed by atoms with E-state index in [1.54, 1.807) is 26.0 Å². The average Bonchev–Trinajstić information content (AvgIpc) is 3.17. The largest absolute Gasteiger partial charge is 0.440 e. The summed E-state index contributed by atoms with van der Waals surface area (Å²) in [5.74, 6) is 1.20. The third kappa shape index (κ3) is 4.00. The maximum atomic E-state index is 12.9. The highest BCUT2D eigenvalue weighted by Crippen LogP contribution is 2.59. The number of alkyl halides is 3. The summed E-state index contributed by atoms with van der Waals surface area (Å²) in [6.45, 7) is 3.85. The third-order valence-corrected chi connectivity index (χ3v) is 6.97. The van der Waals surface area contributed by atoms with Crippen molar-refractivity contribution in [2.24, 2.45) is 5.92 Å². The van der Waals surface area contributed by atoms with E-state index in [0.29, 0.717) is 36.2 Å². The minimum Gasteiger partial charge on any atom is -0.440 e. The fourth-order valence-corrected chi connectivity index (χ4v) is 5.27. The van der Waals surface area contributed by atoms with Crippen molar-refractivity contribution in [1.82, 2.24) is 19.9 Å². The summed E-state index contributed by atoms with van der Waals surface area (Å²) in [7, 11) is 0. The lowest BCUT2D eigenvalue weighted by Crippen LogP contribution is -2.34. The molecule has 1 saturated heterocycles. The topological polar surface area (TPSA) is 92.9 Å². The Morgan fingerprint density at radius 2 is 1.94 bits per heavy atom. The molecular weight excluding hydrogens is 449 g/mol. The minimum atomic E-state index is -4.34. The number of oxazole rings is 1. The zero-order valence-electron chi connectivity index (χ0n) is 18.8. The van der Waals surface area contributed by atoms with Gasteiger partial charge in [-0.1, -0.05) is 12.1 Å². The number of benzene rings is 1.